The Bertz CT molecular complexity index is 393. The molecule has 1 unspecified atom stereocenters. The molecule has 4 heteroatoms. The van der Waals surface area contributed by atoms with Gasteiger partial charge in [-0.1, -0.05) is 32.0 Å². The normalized spacial score (nSPS) is 12.5. The van der Waals surface area contributed by atoms with Crippen LogP contribution in [0.2, 0.25) is 0 Å². The van der Waals surface area contributed by atoms with Gasteiger partial charge in [0, 0.05) is 18.7 Å². The number of halogens is 1. The van der Waals surface area contributed by atoms with E-state index >= 15 is 0 Å². The molecule has 0 fully saturated rings. The highest BCUT2D eigenvalue weighted by molar-refractivity contribution is 5.80. The second kappa shape index (κ2) is 7.11. The van der Waals surface area contributed by atoms with E-state index in [2.05, 4.69) is 5.32 Å². The molecule has 1 amide bonds. The lowest BCUT2D eigenvalue weighted by Crippen LogP contribution is -2.34. The molecule has 0 aliphatic heterocycles. The first-order valence-electron chi connectivity index (χ1n) is 6.13. The Hall–Kier alpha value is -1.42. The first-order valence-corrected chi connectivity index (χ1v) is 6.13. The number of nitrogens with one attached hydrogen (secondary N) is 1. The molecule has 0 radical (unpaired) electrons. The third-order valence-corrected chi connectivity index (χ3v) is 2.46. The summed E-state index contributed by atoms with van der Waals surface area (Å²) in [6.45, 7) is 6.45. The number of hydrogen-bond acceptors (Lipinski definition) is 2. The van der Waals surface area contributed by atoms with Crippen LogP contribution in [0.1, 0.15) is 26.3 Å². The third-order valence-electron chi connectivity index (χ3n) is 2.46. The highest BCUT2D eigenvalue weighted by atomic mass is 19.1. The van der Waals surface area contributed by atoms with Crippen LogP contribution in [0.25, 0.3) is 0 Å². The summed E-state index contributed by atoms with van der Waals surface area (Å²) in [6, 6.07) is 6.38. The molecule has 1 atom stereocenters. The van der Waals surface area contributed by atoms with Crippen LogP contribution < -0.4 is 5.32 Å². The van der Waals surface area contributed by atoms with Gasteiger partial charge in [-0.2, -0.15) is 0 Å². The molecule has 1 N–H and O–H groups in total. The van der Waals surface area contributed by atoms with E-state index in [9.17, 15) is 9.18 Å². The monoisotopic (exact) mass is 253 g/mol. The summed E-state index contributed by atoms with van der Waals surface area (Å²) < 4.78 is 18.7. The lowest BCUT2D eigenvalue weighted by atomic mass is 10.2. The summed E-state index contributed by atoms with van der Waals surface area (Å²) in [4.78, 5) is 11.7. The molecule has 1 rings (SSSR count). The number of ether oxygens (including phenoxy) is 1. The predicted octanol–water partition coefficient (Wildman–Crippen LogP) is 2.50. The fourth-order valence-electron chi connectivity index (χ4n) is 1.38. The van der Waals surface area contributed by atoms with Gasteiger partial charge in [0.15, 0.2) is 0 Å². The molecule has 0 bridgehead atoms. The predicted molar refractivity (Wildman–Crippen MR) is 68.5 cm³/mol. The van der Waals surface area contributed by atoms with Gasteiger partial charge < -0.3 is 10.1 Å². The topological polar surface area (TPSA) is 38.3 Å². The van der Waals surface area contributed by atoms with Crippen molar-refractivity contribution < 1.29 is 13.9 Å². The zero-order valence-electron chi connectivity index (χ0n) is 11.1. The number of hydrogen-bond donors (Lipinski definition) is 1. The first kappa shape index (κ1) is 14.6. The molecule has 100 valence electrons. The smallest absolute Gasteiger partial charge is 0.249 e. The first-order chi connectivity index (χ1) is 8.50. The standard InChI is InChI=1S/C14H20FNO2/c1-10(2)9-18-11(3)14(17)16-8-12-6-4-5-7-13(12)15/h4-7,10-11H,8-9H2,1-3H3,(H,16,17). The molecular weight excluding hydrogens is 233 g/mol. The van der Waals surface area contributed by atoms with Gasteiger partial charge in [0.05, 0.1) is 0 Å². The average molecular weight is 253 g/mol. The zero-order chi connectivity index (χ0) is 13.5. The van der Waals surface area contributed by atoms with Crippen LogP contribution in [-0.2, 0) is 16.1 Å². The van der Waals surface area contributed by atoms with E-state index in [1.807, 2.05) is 13.8 Å². The van der Waals surface area contributed by atoms with Gasteiger partial charge in [-0.15, -0.1) is 0 Å². The number of carbonyl (C=O) groups excluding carboxylic acids is 1. The molecular formula is C14H20FNO2. The van der Waals surface area contributed by atoms with E-state index in [1.54, 1.807) is 25.1 Å². The fraction of sp³-hybridized carbons (Fsp3) is 0.500. The average Bonchev–Trinajstić information content (AvgIpc) is 2.34. The Morgan fingerprint density at radius 3 is 2.61 bits per heavy atom. The quantitative estimate of drug-likeness (QED) is 0.846. The van der Waals surface area contributed by atoms with Crippen LogP contribution in [0.5, 0.6) is 0 Å². The molecule has 1 aromatic rings. The van der Waals surface area contributed by atoms with Gasteiger partial charge in [0.25, 0.3) is 0 Å². The molecule has 0 spiro atoms. The maximum atomic E-state index is 13.3. The summed E-state index contributed by atoms with van der Waals surface area (Å²) in [6.07, 6.45) is -0.515. The van der Waals surface area contributed by atoms with Crippen LogP contribution in [0, 0.1) is 11.7 Å². The minimum absolute atomic E-state index is 0.181. The van der Waals surface area contributed by atoms with Gasteiger partial charge in [-0.25, -0.2) is 4.39 Å². The van der Waals surface area contributed by atoms with Crippen LogP contribution >= 0.6 is 0 Å². The Balaban J connectivity index is 2.39. The lowest BCUT2D eigenvalue weighted by Gasteiger charge is -2.15. The van der Waals surface area contributed by atoms with Gasteiger partial charge in [0.1, 0.15) is 11.9 Å². The second-order valence-electron chi connectivity index (χ2n) is 4.68. The molecule has 1 aromatic carbocycles. The maximum Gasteiger partial charge on any atom is 0.249 e. The van der Waals surface area contributed by atoms with E-state index in [0.29, 0.717) is 18.1 Å². The Kier molecular flexibility index (Phi) is 5.78. The van der Waals surface area contributed by atoms with Gasteiger partial charge >= 0.3 is 0 Å². The number of benzene rings is 1. The van der Waals surface area contributed by atoms with Crippen molar-refractivity contribution in [2.45, 2.75) is 33.4 Å². The van der Waals surface area contributed by atoms with E-state index in [0.717, 1.165) is 0 Å². The molecule has 0 aliphatic rings. The van der Waals surface area contributed by atoms with Crippen LogP contribution in [0.4, 0.5) is 4.39 Å². The Labute approximate surface area is 107 Å². The Morgan fingerprint density at radius 1 is 1.33 bits per heavy atom. The largest absolute Gasteiger partial charge is 0.368 e. The minimum atomic E-state index is -0.515. The van der Waals surface area contributed by atoms with Crippen molar-refractivity contribution in [1.29, 1.82) is 0 Å². The molecule has 0 saturated carbocycles. The van der Waals surface area contributed by atoms with Crippen LogP contribution in [0.15, 0.2) is 24.3 Å². The van der Waals surface area contributed by atoms with Crippen molar-refractivity contribution in [1.82, 2.24) is 5.32 Å². The second-order valence-corrected chi connectivity index (χ2v) is 4.68. The summed E-state index contributed by atoms with van der Waals surface area (Å²) in [5, 5.41) is 2.66. The van der Waals surface area contributed by atoms with E-state index in [1.165, 1.54) is 6.07 Å². The van der Waals surface area contributed by atoms with Crippen molar-refractivity contribution in [2.75, 3.05) is 6.61 Å². The van der Waals surface area contributed by atoms with E-state index in [-0.39, 0.29) is 18.3 Å². The number of amides is 1. The molecule has 0 aliphatic carbocycles. The highest BCUT2D eigenvalue weighted by Crippen LogP contribution is 2.06. The molecule has 0 saturated heterocycles. The van der Waals surface area contributed by atoms with Gasteiger partial charge in [-0.3, -0.25) is 4.79 Å². The van der Waals surface area contributed by atoms with Crippen LogP contribution in [-0.4, -0.2) is 18.6 Å². The molecule has 0 aromatic heterocycles. The number of rotatable bonds is 6. The van der Waals surface area contributed by atoms with Crippen molar-refractivity contribution in [3.63, 3.8) is 0 Å². The molecule has 3 nitrogen and oxygen atoms in total. The molecule has 0 heterocycles. The zero-order valence-corrected chi connectivity index (χ0v) is 11.1. The van der Waals surface area contributed by atoms with Crippen molar-refractivity contribution >= 4 is 5.91 Å². The summed E-state index contributed by atoms with van der Waals surface area (Å²) >= 11 is 0. The molecule has 18 heavy (non-hydrogen) atoms. The minimum Gasteiger partial charge on any atom is -0.368 e. The summed E-state index contributed by atoms with van der Waals surface area (Å²) in [5.41, 5.74) is 0.474. The maximum absolute atomic E-state index is 13.3. The lowest BCUT2D eigenvalue weighted by molar-refractivity contribution is -0.132. The van der Waals surface area contributed by atoms with Crippen LogP contribution in [0.3, 0.4) is 0 Å². The van der Waals surface area contributed by atoms with Gasteiger partial charge in [0.2, 0.25) is 5.91 Å². The summed E-state index contributed by atoms with van der Waals surface area (Å²) in [7, 11) is 0. The highest BCUT2D eigenvalue weighted by Gasteiger charge is 2.13. The number of carbonyl (C=O) groups is 1. The SMILES string of the molecule is CC(C)COC(C)C(=O)NCc1ccccc1F. The third kappa shape index (κ3) is 4.84. The van der Waals surface area contributed by atoms with E-state index in [4.69, 9.17) is 4.74 Å². The summed E-state index contributed by atoms with van der Waals surface area (Å²) in [5.74, 6) is -0.153. The van der Waals surface area contributed by atoms with Crippen molar-refractivity contribution in [3.8, 4) is 0 Å². The Morgan fingerprint density at radius 2 is 2.00 bits per heavy atom. The van der Waals surface area contributed by atoms with E-state index < -0.39 is 6.10 Å². The van der Waals surface area contributed by atoms with Crippen molar-refractivity contribution in [3.05, 3.63) is 35.6 Å². The van der Waals surface area contributed by atoms with Crippen molar-refractivity contribution in [2.24, 2.45) is 5.92 Å². The van der Waals surface area contributed by atoms with Gasteiger partial charge in [-0.05, 0) is 18.9 Å². The fourth-order valence-corrected chi connectivity index (χ4v) is 1.38.